The standard InChI is InChI=1S/C56H103NO8/c1-3-5-7-9-11-13-14-15-16-17-18-19-20-21-22-23-24-25-26-27-28-29-30-31-32-33-34-35-36-38-40-42-44-46-52(60)57-49(50(59)45-43-41-39-37-12-10-8-6-4-2)48-64-56-55(63)54(62)53(61)51(47-58)65-56/h12,14-15,17-18,37,43,45,49-51,53-56,58-59,61-63H,3-11,13,16,19-36,38-42,44,46-48H2,1-2H3,(H,57,60)/b15-14-,18-17-,37-12+,45-43+. The van der Waals surface area contributed by atoms with E-state index in [-0.39, 0.29) is 12.5 Å². The van der Waals surface area contributed by atoms with E-state index in [1.807, 2.05) is 6.08 Å². The summed E-state index contributed by atoms with van der Waals surface area (Å²) in [4.78, 5) is 13.0. The zero-order chi connectivity index (χ0) is 47.3. The first-order chi connectivity index (χ1) is 31.8. The molecule has 6 N–H and O–H groups in total. The molecule has 1 aliphatic rings. The highest BCUT2D eigenvalue weighted by atomic mass is 16.7. The monoisotopic (exact) mass is 918 g/mol. The topological polar surface area (TPSA) is 149 Å². The van der Waals surface area contributed by atoms with Gasteiger partial charge in [0.15, 0.2) is 6.29 Å². The maximum absolute atomic E-state index is 13.0. The summed E-state index contributed by atoms with van der Waals surface area (Å²) in [6, 6.07) is -0.818. The minimum atomic E-state index is -1.57. The fraction of sp³-hybridized carbons (Fsp3) is 0.839. The molecule has 7 unspecified atom stereocenters. The Kier molecular flexibility index (Phi) is 43.2. The Hall–Kier alpha value is -1.85. The number of carbonyl (C=O) groups is 1. The van der Waals surface area contributed by atoms with Gasteiger partial charge in [-0.2, -0.15) is 0 Å². The molecule has 65 heavy (non-hydrogen) atoms. The third kappa shape index (κ3) is 35.9. The highest BCUT2D eigenvalue weighted by Gasteiger charge is 2.44. The Balaban J connectivity index is 2.07. The van der Waals surface area contributed by atoms with E-state index in [0.717, 1.165) is 44.9 Å². The zero-order valence-corrected chi connectivity index (χ0v) is 42.0. The molecular weight excluding hydrogens is 815 g/mol. The summed E-state index contributed by atoms with van der Waals surface area (Å²) in [6.45, 7) is 3.70. The van der Waals surface area contributed by atoms with E-state index in [2.05, 4.69) is 55.6 Å². The van der Waals surface area contributed by atoms with Gasteiger partial charge in [-0.3, -0.25) is 4.79 Å². The van der Waals surface area contributed by atoms with Crippen LogP contribution < -0.4 is 5.32 Å². The minimum Gasteiger partial charge on any atom is -0.394 e. The second kappa shape index (κ2) is 45.9. The number of amides is 1. The van der Waals surface area contributed by atoms with Gasteiger partial charge in [-0.25, -0.2) is 0 Å². The zero-order valence-electron chi connectivity index (χ0n) is 42.0. The number of ether oxygens (including phenoxy) is 2. The van der Waals surface area contributed by atoms with Crippen molar-refractivity contribution in [2.75, 3.05) is 13.2 Å². The predicted octanol–water partition coefficient (Wildman–Crippen LogP) is 13.0. The number of hydrogen-bond donors (Lipinski definition) is 6. The summed E-state index contributed by atoms with van der Waals surface area (Å²) in [7, 11) is 0. The highest BCUT2D eigenvalue weighted by Crippen LogP contribution is 2.23. The van der Waals surface area contributed by atoms with Gasteiger partial charge < -0.3 is 40.3 Å². The summed E-state index contributed by atoms with van der Waals surface area (Å²) in [5.41, 5.74) is 0. The average molecular weight is 918 g/mol. The van der Waals surface area contributed by atoms with Crippen LogP contribution in [0.1, 0.15) is 245 Å². The fourth-order valence-electron chi connectivity index (χ4n) is 8.50. The molecule has 0 aromatic heterocycles. The van der Waals surface area contributed by atoms with Gasteiger partial charge in [0.05, 0.1) is 25.4 Å². The van der Waals surface area contributed by atoms with Gasteiger partial charge >= 0.3 is 0 Å². The Labute approximate surface area is 399 Å². The van der Waals surface area contributed by atoms with Crippen LogP contribution in [0.4, 0.5) is 0 Å². The summed E-state index contributed by atoms with van der Waals surface area (Å²) in [6.07, 6.45) is 53.6. The quantitative estimate of drug-likeness (QED) is 0.0261. The minimum absolute atomic E-state index is 0.187. The van der Waals surface area contributed by atoms with Gasteiger partial charge in [-0.15, -0.1) is 0 Å². The number of allylic oxidation sites excluding steroid dienone is 7. The van der Waals surface area contributed by atoms with Crippen LogP contribution in [0, 0.1) is 0 Å². The molecule has 7 atom stereocenters. The Morgan fingerprint density at radius 1 is 0.523 bits per heavy atom. The maximum Gasteiger partial charge on any atom is 0.220 e. The van der Waals surface area contributed by atoms with Crippen molar-refractivity contribution in [3.63, 3.8) is 0 Å². The Morgan fingerprint density at radius 2 is 0.923 bits per heavy atom. The number of aliphatic hydroxyl groups is 5. The first kappa shape index (κ1) is 61.2. The first-order valence-corrected chi connectivity index (χ1v) is 27.4. The van der Waals surface area contributed by atoms with Crippen molar-refractivity contribution < 1.29 is 39.8 Å². The number of hydrogen-bond acceptors (Lipinski definition) is 8. The molecule has 1 saturated heterocycles. The Morgan fingerprint density at radius 3 is 1.42 bits per heavy atom. The second-order valence-electron chi connectivity index (χ2n) is 19.0. The molecule has 0 bridgehead atoms. The number of nitrogens with one attached hydrogen (secondary N) is 1. The van der Waals surface area contributed by atoms with E-state index >= 15 is 0 Å². The van der Waals surface area contributed by atoms with Crippen molar-refractivity contribution in [1.82, 2.24) is 5.32 Å². The molecule has 0 saturated carbocycles. The lowest BCUT2D eigenvalue weighted by molar-refractivity contribution is -0.302. The Bertz CT molecular complexity index is 1160. The second-order valence-corrected chi connectivity index (χ2v) is 19.0. The lowest BCUT2D eigenvalue weighted by Crippen LogP contribution is -2.60. The van der Waals surface area contributed by atoms with Gasteiger partial charge in [0, 0.05) is 6.42 Å². The predicted molar refractivity (Wildman–Crippen MR) is 272 cm³/mol. The van der Waals surface area contributed by atoms with E-state index in [0.29, 0.717) is 6.42 Å². The smallest absolute Gasteiger partial charge is 0.220 e. The van der Waals surface area contributed by atoms with E-state index in [1.165, 1.54) is 180 Å². The third-order valence-electron chi connectivity index (χ3n) is 12.9. The summed E-state index contributed by atoms with van der Waals surface area (Å²) in [5, 5.41) is 54.1. The molecule has 0 aromatic rings. The lowest BCUT2D eigenvalue weighted by Gasteiger charge is -2.40. The number of rotatable bonds is 46. The van der Waals surface area contributed by atoms with E-state index < -0.39 is 49.5 Å². The normalized spacial score (nSPS) is 20.3. The van der Waals surface area contributed by atoms with Crippen LogP contribution >= 0.6 is 0 Å². The average Bonchev–Trinajstić information content (AvgIpc) is 3.31. The summed E-state index contributed by atoms with van der Waals surface area (Å²) < 4.78 is 11.2. The number of aliphatic hydroxyl groups excluding tert-OH is 5. The maximum atomic E-state index is 13.0. The van der Waals surface area contributed by atoms with Crippen molar-refractivity contribution in [3.8, 4) is 0 Å². The molecule has 380 valence electrons. The van der Waals surface area contributed by atoms with Crippen LogP contribution in [0.2, 0.25) is 0 Å². The van der Waals surface area contributed by atoms with Gasteiger partial charge in [0.25, 0.3) is 0 Å². The van der Waals surface area contributed by atoms with Crippen LogP contribution in [0.25, 0.3) is 0 Å². The summed E-state index contributed by atoms with van der Waals surface area (Å²) >= 11 is 0. The van der Waals surface area contributed by atoms with Crippen LogP contribution in [0.5, 0.6) is 0 Å². The van der Waals surface area contributed by atoms with Gasteiger partial charge in [-0.05, 0) is 64.2 Å². The van der Waals surface area contributed by atoms with Gasteiger partial charge in [0.1, 0.15) is 24.4 Å². The summed E-state index contributed by atoms with van der Waals surface area (Å²) in [5.74, 6) is -0.187. The first-order valence-electron chi connectivity index (χ1n) is 27.4. The lowest BCUT2D eigenvalue weighted by atomic mass is 9.99. The molecule has 0 radical (unpaired) electrons. The molecular formula is C56H103NO8. The largest absolute Gasteiger partial charge is 0.394 e. The van der Waals surface area contributed by atoms with Crippen molar-refractivity contribution in [3.05, 3.63) is 48.6 Å². The van der Waals surface area contributed by atoms with Gasteiger partial charge in [0.2, 0.25) is 5.91 Å². The molecule has 0 aromatic carbocycles. The van der Waals surface area contributed by atoms with Crippen LogP contribution in [-0.2, 0) is 14.3 Å². The number of carbonyl (C=O) groups excluding carboxylic acids is 1. The molecule has 1 amide bonds. The highest BCUT2D eigenvalue weighted by molar-refractivity contribution is 5.76. The molecule has 1 rings (SSSR count). The SMILES string of the molecule is CCCCC/C=C/CC/C=C/C(O)C(COC1OC(CO)C(O)C(O)C1O)NC(=O)CCCCCCCCCCCCCCCCCCCCCCC/C=C\C/C=C\CCCCCCC. The molecule has 1 heterocycles. The van der Waals surface area contributed by atoms with Crippen LogP contribution in [0.15, 0.2) is 48.6 Å². The van der Waals surface area contributed by atoms with Crippen molar-refractivity contribution in [2.24, 2.45) is 0 Å². The fourth-order valence-corrected chi connectivity index (χ4v) is 8.50. The molecule has 9 nitrogen and oxygen atoms in total. The van der Waals surface area contributed by atoms with E-state index in [9.17, 15) is 30.3 Å². The number of unbranched alkanes of at least 4 members (excludes halogenated alkanes) is 30. The molecule has 1 aliphatic heterocycles. The molecule has 0 aliphatic carbocycles. The molecule has 1 fully saturated rings. The third-order valence-corrected chi connectivity index (χ3v) is 12.9. The molecule has 0 spiro atoms. The van der Waals surface area contributed by atoms with Crippen LogP contribution in [-0.4, -0.2) is 87.5 Å². The van der Waals surface area contributed by atoms with Crippen molar-refractivity contribution >= 4 is 5.91 Å². The van der Waals surface area contributed by atoms with Crippen LogP contribution in [0.3, 0.4) is 0 Å². The van der Waals surface area contributed by atoms with Crippen molar-refractivity contribution in [2.45, 2.75) is 288 Å². The molecule has 9 heteroatoms. The van der Waals surface area contributed by atoms with E-state index in [4.69, 9.17) is 9.47 Å². The van der Waals surface area contributed by atoms with Gasteiger partial charge in [-0.1, -0.05) is 223 Å². The van der Waals surface area contributed by atoms with E-state index in [1.54, 1.807) is 6.08 Å². The van der Waals surface area contributed by atoms with Crippen molar-refractivity contribution in [1.29, 1.82) is 0 Å².